The number of rotatable bonds is 2. The van der Waals surface area contributed by atoms with Gasteiger partial charge in [0, 0.05) is 25.8 Å². The summed E-state index contributed by atoms with van der Waals surface area (Å²) in [6, 6.07) is 0. The van der Waals surface area contributed by atoms with E-state index >= 15 is 0 Å². The molecule has 0 amide bonds. The summed E-state index contributed by atoms with van der Waals surface area (Å²) in [4.78, 5) is 14.6. The van der Waals surface area contributed by atoms with Crippen LogP contribution in [-0.2, 0) is 24.3 Å². The number of hydrogen-bond donors (Lipinski definition) is 2. The molecule has 0 spiro atoms. The first-order valence-corrected chi connectivity index (χ1v) is 4.23. The van der Waals surface area contributed by atoms with Crippen LogP contribution in [0.1, 0.15) is 11.5 Å². The third-order valence-electron chi connectivity index (χ3n) is 2.15. The maximum absolute atomic E-state index is 10.5. The predicted octanol–water partition coefficient (Wildman–Crippen LogP) is -0.387. The molecule has 0 saturated carbocycles. The smallest absolute Gasteiger partial charge is 0.311 e. The zero-order valence-corrected chi connectivity index (χ0v) is 7.16. The Balaban J connectivity index is 2.26. The highest BCUT2D eigenvalue weighted by atomic mass is 16.4. The van der Waals surface area contributed by atoms with Gasteiger partial charge in [-0.2, -0.15) is 0 Å². The van der Waals surface area contributed by atoms with Gasteiger partial charge in [0.25, 0.3) is 0 Å². The first kappa shape index (κ1) is 8.25. The van der Waals surface area contributed by atoms with Crippen molar-refractivity contribution in [2.75, 3.05) is 6.54 Å². The molecule has 5 nitrogen and oxygen atoms in total. The molecule has 1 aliphatic heterocycles. The number of carbonyl (C=O) groups is 1. The second-order valence-electron chi connectivity index (χ2n) is 3.06. The average Bonchev–Trinajstić information content (AvgIpc) is 2.48. The van der Waals surface area contributed by atoms with Crippen molar-refractivity contribution in [3.8, 4) is 0 Å². The van der Waals surface area contributed by atoms with Crippen molar-refractivity contribution in [2.45, 2.75) is 19.5 Å². The van der Waals surface area contributed by atoms with Crippen molar-refractivity contribution in [1.82, 2.24) is 14.9 Å². The van der Waals surface area contributed by atoms with Crippen molar-refractivity contribution in [3.63, 3.8) is 0 Å². The van der Waals surface area contributed by atoms with Crippen LogP contribution < -0.4 is 5.32 Å². The molecule has 1 aromatic heterocycles. The Morgan fingerprint density at radius 3 is 3.38 bits per heavy atom. The van der Waals surface area contributed by atoms with Crippen molar-refractivity contribution in [2.24, 2.45) is 0 Å². The fourth-order valence-corrected chi connectivity index (χ4v) is 1.55. The second kappa shape index (κ2) is 3.18. The van der Waals surface area contributed by atoms with Crippen LogP contribution >= 0.6 is 0 Å². The van der Waals surface area contributed by atoms with Gasteiger partial charge in [-0.05, 0) is 0 Å². The van der Waals surface area contributed by atoms with Gasteiger partial charge >= 0.3 is 5.97 Å². The molecule has 70 valence electrons. The Kier molecular flexibility index (Phi) is 2.02. The Labute approximate surface area is 75.4 Å². The lowest BCUT2D eigenvalue weighted by atomic mass is 10.3. The van der Waals surface area contributed by atoms with Crippen molar-refractivity contribution in [3.05, 3.63) is 17.7 Å². The number of hydrogen-bond acceptors (Lipinski definition) is 3. The largest absolute Gasteiger partial charge is 0.481 e. The minimum absolute atomic E-state index is 0.0139. The maximum Gasteiger partial charge on any atom is 0.311 e. The first-order chi connectivity index (χ1) is 6.27. The normalized spacial score (nSPS) is 15.4. The van der Waals surface area contributed by atoms with E-state index in [0.717, 1.165) is 25.3 Å². The summed E-state index contributed by atoms with van der Waals surface area (Å²) in [5, 5.41) is 11.8. The van der Waals surface area contributed by atoms with E-state index in [-0.39, 0.29) is 6.42 Å². The van der Waals surface area contributed by atoms with Crippen LogP contribution in [0.2, 0.25) is 0 Å². The molecule has 1 aromatic rings. The molecular formula is C8H11N3O2. The number of carboxylic acids is 1. The third kappa shape index (κ3) is 1.55. The lowest BCUT2D eigenvalue weighted by molar-refractivity contribution is -0.136. The summed E-state index contributed by atoms with van der Waals surface area (Å²) in [7, 11) is 0. The van der Waals surface area contributed by atoms with Crippen LogP contribution in [0.4, 0.5) is 0 Å². The van der Waals surface area contributed by atoms with E-state index in [1.165, 1.54) is 0 Å². The highest BCUT2D eigenvalue weighted by molar-refractivity contribution is 5.69. The number of nitrogens with one attached hydrogen (secondary N) is 1. The van der Waals surface area contributed by atoms with Crippen molar-refractivity contribution >= 4 is 5.97 Å². The summed E-state index contributed by atoms with van der Waals surface area (Å²) >= 11 is 0. The number of aromatic nitrogens is 2. The molecule has 13 heavy (non-hydrogen) atoms. The van der Waals surface area contributed by atoms with Crippen LogP contribution in [0.5, 0.6) is 0 Å². The molecule has 0 aliphatic carbocycles. The fourth-order valence-electron chi connectivity index (χ4n) is 1.55. The predicted molar refractivity (Wildman–Crippen MR) is 45.3 cm³/mol. The van der Waals surface area contributed by atoms with Crippen LogP contribution in [0, 0.1) is 0 Å². The first-order valence-electron chi connectivity index (χ1n) is 4.23. The summed E-state index contributed by atoms with van der Waals surface area (Å²) in [5.41, 5.74) is 1.07. The molecule has 5 heteroatoms. The van der Waals surface area contributed by atoms with Crippen LogP contribution in [-0.4, -0.2) is 27.2 Å². The maximum atomic E-state index is 10.5. The van der Waals surface area contributed by atoms with Gasteiger partial charge < -0.3 is 15.0 Å². The van der Waals surface area contributed by atoms with Crippen molar-refractivity contribution in [1.29, 1.82) is 0 Å². The summed E-state index contributed by atoms with van der Waals surface area (Å²) in [6.07, 6.45) is 1.75. The van der Waals surface area contributed by atoms with Crippen LogP contribution in [0.3, 0.4) is 0 Å². The fraction of sp³-hybridized carbons (Fsp3) is 0.500. The summed E-state index contributed by atoms with van der Waals surface area (Å²) < 4.78 is 1.98. The van der Waals surface area contributed by atoms with Gasteiger partial charge in [0.1, 0.15) is 12.2 Å². The van der Waals surface area contributed by atoms with Gasteiger partial charge in [0.05, 0.1) is 5.69 Å². The number of carboxylic acid groups (broad SMARTS) is 1. The lowest BCUT2D eigenvalue weighted by Crippen LogP contribution is -2.29. The molecule has 0 bridgehead atoms. The van der Waals surface area contributed by atoms with E-state index < -0.39 is 5.97 Å². The monoisotopic (exact) mass is 181 g/mol. The number of nitrogens with zero attached hydrogens (tertiary/aromatic N) is 2. The van der Waals surface area contributed by atoms with Gasteiger partial charge in [-0.1, -0.05) is 0 Å². The molecule has 2 rings (SSSR count). The average molecular weight is 181 g/mol. The second-order valence-corrected chi connectivity index (χ2v) is 3.06. The molecule has 0 unspecified atom stereocenters. The van der Waals surface area contributed by atoms with E-state index in [4.69, 9.17) is 5.11 Å². The molecule has 1 aliphatic rings. The number of fused-ring (bicyclic) bond motifs is 1. The molecule has 0 radical (unpaired) electrons. The summed E-state index contributed by atoms with van der Waals surface area (Å²) in [5.74, 6) is -0.170. The van der Waals surface area contributed by atoms with Gasteiger partial charge in [-0.15, -0.1) is 0 Å². The van der Waals surface area contributed by atoms with Crippen LogP contribution in [0.15, 0.2) is 6.20 Å². The van der Waals surface area contributed by atoms with E-state index in [1.807, 2.05) is 4.57 Å². The quantitative estimate of drug-likeness (QED) is 0.652. The minimum Gasteiger partial charge on any atom is -0.481 e. The minimum atomic E-state index is -0.827. The Bertz CT molecular complexity index is 332. The van der Waals surface area contributed by atoms with E-state index in [9.17, 15) is 4.79 Å². The van der Waals surface area contributed by atoms with E-state index in [1.54, 1.807) is 6.20 Å². The highest BCUT2D eigenvalue weighted by Gasteiger charge is 2.14. The molecular weight excluding hydrogens is 170 g/mol. The zero-order valence-electron chi connectivity index (χ0n) is 7.16. The highest BCUT2D eigenvalue weighted by Crippen LogP contribution is 2.09. The Morgan fingerprint density at radius 1 is 1.77 bits per heavy atom. The molecule has 2 N–H and O–H groups in total. The van der Waals surface area contributed by atoms with E-state index in [2.05, 4.69) is 10.3 Å². The van der Waals surface area contributed by atoms with E-state index in [0.29, 0.717) is 5.82 Å². The third-order valence-corrected chi connectivity index (χ3v) is 2.15. The SMILES string of the molecule is O=C(O)Cc1ncc2n1CCNC2. The lowest BCUT2D eigenvalue weighted by Gasteiger charge is -2.17. The zero-order chi connectivity index (χ0) is 9.26. The van der Waals surface area contributed by atoms with Gasteiger partial charge in [-0.25, -0.2) is 4.98 Å². The molecule has 0 fully saturated rings. The standard InChI is InChI=1S/C8H11N3O2/c12-8(13)3-7-10-5-6-4-9-1-2-11(6)7/h5,9H,1-4H2,(H,12,13). The summed E-state index contributed by atoms with van der Waals surface area (Å²) in [6.45, 7) is 2.49. The molecule has 0 saturated heterocycles. The van der Waals surface area contributed by atoms with Gasteiger partial charge in [0.15, 0.2) is 0 Å². The Morgan fingerprint density at radius 2 is 2.62 bits per heavy atom. The molecule has 0 aromatic carbocycles. The number of imidazole rings is 1. The Hall–Kier alpha value is -1.36. The number of aliphatic carboxylic acids is 1. The molecule has 2 heterocycles. The van der Waals surface area contributed by atoms with Crippen molar-refractivity contribution < 1.29 is 9.90 Å². The molecule has 0 atom stereocenters. The van der Waals surface area contributed by atoms with Crippen LogP contribution in [0.25, 0.3) is 0 Å². The topological polar surface area (TPSA) is 67.1 Å². The van der Waals surface area contributed by atoms with Gasteiger partial charge in [-0.3, -0.25) is 4.79 Å². The van der Waals surface area contributed by atoms with Gasteiger partial charge in [0.2, 0.25) is 0 Å².